The summed E-state index contributed by atoms with van der Waals surface area (Å²) in [6, 6.07) is 15.2. The van der Waals surface area contributed by atoms with Crippen molar-refractivity contribution in [3.05, 3.63) is 65.7 Å². The summed E-state index contributed by atoms with van der Waals surface area (Å²) in [5.41, 5.74) is 7.36. The van der Waals surface area contributed by atoms with Crippen molar-refractivity contribution in [1.82, 2.24) is 20.9 Å². The molecule has 0 aliphatic carbocycles. The fourth-order valence-corrected chi connectivity index (χ4v) is 4.56. The molecule has 0 unspecified atom stereocenters. The molecule has 1 fully saturated rings. The normalized spacial score (nSPS) is 15.0. The second-order valence-corrected chi connectivity index (χ2v) is 9.70. The van der Waals surface area contributed by atoms with Crippen molar-refractivity contribution < 1.29 is 23.9 Å². The first kappa shape index (κ1) is 30.4. The molecule has 0 spiro atoms. The third-order valence-corrected chi connectivity index (χ3v) is 6.81. The van der Waals surface area contributed by atoms with Gasteiger partial charge in [-0.25, -0.2) is 0 Å². The molecule has 1 aliphatic heterocycles. The Morgan fingerprint density at radius 1 is 0.975 bits per heavy atom. The molecule has 1 saturated heterocycles. The Hall–Kier alpha value is -4.12. The molecule has 11 nitrogen and oxygen atoms in total. The molecule has 2 aromatic carbocycles. The molecule has 0 saturated carbocycles. The molecule has 1 aliphatic rings. The number of likely N-dealkylation sites (tertiary alicyclic amines) is 1. The number of benzene rings is 2. The topological polar surface area (TPSA) is 159 Å². The number of piperidine rings is 1. The van der Waals surface area contributed by atoms with Crippen LogP contribution in [0.3, 0.4) is 0 Å². The van der Waals surface area contributed by atoms with E-state index in [2.05, 4.69) is 16.0 Å². The Labute approximate surface area is 235 Å². The molecule has 2 aromatic rings. The van der Waals surface area contributed by atoms with Crippen LogP contribution in [0.4, 0.5) is 0 Å². The number of nitrogens with one attached hydrogen (secondary N) is 4. The van der Waals surface area contributed by atoms with Gasteiger partial charge in [-0.2, -0.15) is 0 Å². The lowest BCUT2D eigenvalue weighted by Crippen LogP contribution is -2.57. The number of rotatable bonds is 13. The maximum Gasteiger partial charge on any atom is 0.319 e. The van der Waals surface area contributed by atoms with E-state index < -0.39 is 24.0 Å². The summed E-state index contributed by atoms with van der Waals surface area (Å²) in [4.78, 5) is 40.6. The highest BCUT2D eigenvalue weighted by Gasteiger charge is 2.29. The quantitative estimate of drug-likeness (QED) is 0.140. The predicted octanol–water partition coefficient (Wildman–Crippen LogP) is 0.961. The monoisotopic (exact) mass is 552 g/mol. The lowest BCUT2D eigenvalue weighted by atomic mass is 10.0. The lowest BCUT2D eigenvalue weighted by molar-refractivity contribution is -0.140. The minimum absolute atomic E-state index is 0.0250. The Bertz CT molecular complexity index is 1120. The van der Waals surface area contributed by atoms with Crippen LogP contribution in [0.25, 0.3) is 0 Å². The Morgan fingerprint density at radius 3 is 2.20 bits per heavy atom. The molecule has 11 heteroatoms. The van der Waals surface area contributed by atoms with Crippen molar-refractivity contribution in [3.63, 3.8) is 0 Å². The fourth-order valence-electron chi connectivity index (χ4n) is 4.56. The van der Waals surface area contributed by atoms with Gasteiger partial charge in [0.2, 0.25) is 11.8 Å². The summed E-state index contributed by atoms with van der Waals surface area (Å²) in [5, 5.41) is 16.6. The zero-order valence-corrected chi connectivity index (χ0v) is 23.2. The van der Waals surface area contributed by atoms with Gasteiger partial charge in [0.1, 0.15) is 11.8 Å². The van der Waals surface area contributed by atoms with Gasteiger partial charge in [0.05, 0.1) is 26.3 Å². The number of hydrogen-bond donors (Lipinski definition) is 5. The molecule has 216 valence electrons. The van der Waals surface area contributed by atoms with E-state index in [-0.39, 0.29) is 24.5 Å². The smallest absolute Gasteiger partial charge is 0.319 e. The molecular weight excluding hydrogens is 512 g/mol. The van der Waals surface area contributed by atoms with E-state index in [1.54, 1.807) is 4.90 Å². The van der Waals surface area contributed by atoms with E-state index >= 15 is 0 Å². The average Bonchev–Trinajstić information content (AvgIpc) is 2.96. The van der Waals surface area contributed by atoms with Gasteiger partial charge in [-0.1, -0.05) is 42.5 Å². The van der Waals surface area contributed by atoms with Gasteiger partial charge in [-0.15, -0.1) is 0 Å². The molecule has 1 heterocycles. The van der Waals surface area contributed by atoms with Crippen molar-refractivity contribution in [2.24, 2.45) is 5.73 Å². The first-order valence-corrected chi connectivity index (χ1v) is 13.5. The van der Waals surface area contributed by atoms with E-state index in [1.165, 1.54) is 7.11 Å². The summed E-state index contributed by atoms with van der Waals surface area (Å²) >= 11 is 0. The van der Waals surface area contributed by atoms with Crippen LogP contribution in [0.1, 0.15) is 30.9 Å². The van der Waals surface area contributed by atoms with Gasteiger partial charge in [0, 0.05) is 25.6 Å². The molecule has 6 N–H and O–H groups in total. The van der Waals surface area contributed by atoms with Crippen LogP contribution in [0, 0.1) is 5.41 Å². The van der Waals surface area contributed by atoms with Crippen molar-refractivity contribution >= 4 is 23.7 Å². The predicted molar refractivity (Wildman–Crippen MR) is 152 cm³/mol. The van der Waals surface area contributed by atoms with Crippen molar-refractivity contribution in [1.29, 1.82) is 5.41 Å². The summed E-state index contributed by atoms with van der Waals surface area (Å²) < 4.78 is 10.2. The zero-order chi connectivity index (χ0) is 28.9. The maximum absolute atomic E-state index is 13.6. The van der Waals surface area contributed by atoms with E-state index in [9.17, 15) is 14.4 Å². The number of esters is 1. The number of ether oxygens (including phenoxy) is 2. The van der Waals surface area contributed by atoms with Crippen molar-refractivity contribution in [2.45, 2.75) is 50.7 Å². The summed E-state index contributed by atoms with van der Waals surface area (Å²) in [7, 11) is 1.28. The van der Waals surface area contributed by atoms with Crippen LogP contribution in [0.15, 0.2) is 54.6 Å². The summed E-state index contributed by atoms with van der Waals surface area (Å²) in [6.07, 6.45) is 1.90. The van der Waals surface area contributed by atoms with Gasteiger partial charge in [0.25, 0.3) is 0 Å². The number of nitrogens with zero attached hydrogens (tertiary/aromatic N) is 1. The Balaban J connectivity index is 1.73. The van der Waals surface area contributed by atoms with Crippen LogP contribution < -0.4 is 26.4 Å². The average molecular weight is 553 g/mol. The van der Waals surface area contributed by atoms with Gasteiger partial charge < -0.3 is 30.7 Å². The number of guanidine groups is 1. The van der Waals surface area contributed by atoms with E-state index in [0.29, 0.717) is 45.4 Å². The number of carbonyl (C=O) groups excluding carboxylic acids is 3. The maximum atomic E-state index is 13.6. The van der Waals surface area contributed by atoms with Crippen LogP contribution in [-0.2, 0) is 32.0 Å². The number of carbonyl (C=O) groups is 3. The molecular formula is C29H40N6O5. The van der Waals surface area contributed by atoms with E-state index in [1.807, 2.05) is 61.5 Å². The molecule has 0 aromatic heterocycles. The molecule has 2 amide bonds. The van der Waals surface area contributed by atoms with Crippen molar-refractivity contribution in [3.8, 4) is 5.75 Å². The number of hydrogen-bond acceptors (Lipinski definition) is 7. The minimum Gasteiger partial charge on any atom is -0.494 e. The highest BCUT2D eigenvalue weighted by molar-refractivity contribution is 5.90. The zero-order valence-electron chi connectivity index (χ0n) is 23.2. The lowest BCUT2D eigenvalue weighted by Gasteiger charge is -2.33. The summed E-state index contributed by atoms with van der Waals surface area (Å²) in [5.74, 6) is -0.438. The summed E-state index contributed by atoms with van der Waals surface area (Å²) in [6.45, 7) is 3.46. The highest BCUT2D eigenvalue weighted by Crippen LogP contribution is 2.15. The fraction of sp³-hybridized carbons (Fsp3) is 0.448. The molecule has 0 bridgehead atoms. The van der Waals surface area contributed by atoms with Crippen LogP contribution in [0.2, 0.25) is 0 Å². The highest BCUT2D eigenvalue weighted by atomic mass is 16.5. The standard InChI is InChI=1S/C29H40N6O5/c1-3-40-23-11-9-21(10-12-23)17-24(32-19-26(36)39-2)27(37)34-25(18-20-7-5-4-6-8-20)28(38)33-22-13-15-35(16-14-22)29(30)31/h4-12,22,24-25,32H,3,13-19H2,1-2H3,(H3,30,31)(H,33,38)(H,34,37)/t24-,25+/m1/s1. The largest absolute Gasteiger partial charge is 0.494 e. The van der Waals surface area contributed by atoms with Gasteiger partial charge in [-0.05, 0) is 49.4 Å². The Morgan fingerprint density at radius 2 is 1.60 bits per heavy atom. The first-order chi connectivity index (χ1) is 19.3. The second-order valence-electron chi connectivity index (χ2n) is 9.70. The van der Waals surface area contributed by atoms with Crippen LogP contribution in [0.5, 0.6) is 5.75 Å². The van der Waals surface area contributed by atoms with Gasteiger partial charge in [0.15, 0.2) is 5.96 Å². The molecule has 40 heavy (non-hydrogen) atoms. The molecule has 3 rings (SSSR count). The number of nitrogens with two attached hydrogens (primary N) is 1. The third-order valence-electron chi connectivity index (χ3n) is 6.81. The van der Waals surface area contributed by atoms with Crippen molar-refractivity contribution in [2.75, 3.05) is 33.4 Å². The molecule has 2 atom stereocenters. The first-order valence-electron chi connectivity index (χ1n) is 13.5. The SMILES string of the molecule is CCOc1ccc(C[C@@H](NCC(=O)OC)C(=O)N[C@@H](Cc2ccccc2)C(=O)NC2CCN(C(=N)N)CC2)cc1. The number of amides is 2. The van der Waals surface area contributed by atoms with Gasteiger partial charge in [-0.3, -0.25) is 25.1 Å². The second kappa shape index (κ2) is 15.5. The molecule has 0 radical (unpaired) electrons. The van der Waals surface area contributed by atoms with E-state index in [4.69, 9.17) is 20.6 Å². The third kappa shape index (κ3) is 9.57. The van der Waals surface area contributed by atoms with Crippen LogP contribution >= 0.6 is 0 Å². The van der Waals surface area contributed by atoms with E-state index in [0.717, 1.165) is 16.9 Å². The minimum atomic E-state index is -0.830. The number of methoxy groups -OCH3 is 1. The van der Waals surface area contributed by atoms with Gasteiger partial charge >= 0.3 is 5.97 Å². The Kier molecular flexibility index (Phi) is 11.8. The van der Waals surface area contributed by atoms with Crippen LogP contribution in [-0.4, -0.2) is 80.1 Å².